The van der Waals surface area contributed by atoms with Crippen molar-refractivity contribution in [3.05, 3.63) is 51.8 Å². The van der Waals surface area contributed by atoms with Crippen LogP contribution in [0.5, 0.6) is 0 Å². The van der Waals surface area contributed by atoms with Crippen molar-refractivity contribution in [3.8, 4) is 5.69 Å². The Morgan fingerprint density at radius 1 is 1.47 bits per heavy atom. The molecule has 0 amide bonds. The number of fused-ring (bicyclic) bond motifs is 1. The highest BCUT2D eigenvalue weighted by Gasteiger charge is 2.22. The number of aromatic nitrogens is 2. The number of non-ortho nitro benzene ring substituents is 1. The second-order valence-electron chi connectivity index (χ2n) is 4.73. The fourth-order valence-corrected chi connectivity index (χ4v) is 2.55. The van der Waals surface area contributed by atoms with Crippen LogP contribution >= 0.6 is 0 Å². The van der Waals surface area contributed by atoms with E-state index in [9.17, 15) is 10.1 Å². The summed E-state index contributed by atoms with van der Waals surface area (Å²) in [5.41, 5.74) is 8.96. The van der Waals surface area contributed by atoms with Crippen LogP contribution in [-0.4, -0.2) is 14.7 Å². The van der Waals surface area contributed by atoms with Crippen LogP contribution in [0, 0.1) is 10.1 Å². The quantitative estimate of drug-likeness (QED) is 0.660. The van der Waals surface area contributed by atoms with Crippen molar-refractivity contribution < 1.29 is 4.92 Å². The molecule has 1 heterocycles. The van der Waals surface area contributed by atoms with E-state index >= 15 is 0 Å². The van der Waals surface area contributed by atoms with Gasteiger partial charge in [-0.1, -0.05) is 6.07 Å². The van der Waals surface area contributed by atoms with Crippen molar-refractivity contribution in [2.45, 2.75) is 25.3 Å². The molecule has 0 fully saturated rings. The first-order valence-corrected chi connectivity index (χ1v) is 6.24. The standard InChI is InChI=1S/C13H14N4O2/c14-12-5-2-6-13-11(12)8-15-16(13)9-3-1-4-10(7-9)17(18)19/h1,3-4,7-8,12H,2,5-6,14H2. The van der Waals surface area contributed by atoms with E-state index in [0.717, 1.165) is 30.5 Å². The summed E-state index contributed by atoms with van der Waals surface area (Å²) in [6.45, 7) is 0. The maximum absolute atomic E-state index is 10.8. The summed E-state index contributed by atoms with van der Waals surface area (Å²) in [7, 11) is 0. The van der Waals surface area contributed by atoms with Crippen LogP contribution in [-0.2, 0) is 6.42 Å². The molecule has 1 aliphatic rings. The Morgan fingerprint density at radius 2 is 2.32 bits per heavy atom. The molecule has 0 radical (unpaired) electrons. The monoisotopic (exact) mass is 258 g/mol. The van der Waals surface area contributed by atoms with E-state index in [2.05, 4.69) is 5.10 Å². The Labute approximate surface area is 110 Å². The van der Waals surface area contributed by atoms with Crippen LogP contribution in [0.15, 0.2) is 30.5 Å². The SMILES string of the molecule is NC1CCCc2c1cnn2-c1cccc([N+](=O)[O-])c1. The zero-order valence-corrected chi connectivity index (χ0v) is 10.3. The van der Waals surface area contributed by atoms with Gasteiger partial charge in [-0.15, -0.1) is 0 Å². The molecule has 6 heteroatoms. The van der Waals surface area contributed by atoms with Crippen molar-refractivity contribution >= 4 is 5.69 Å². The number of rotatable bonds is 2. The minimum Gasteiger partial charge on any atom is -0.324 e. The minimum absolute atomic E-state index is 0.0243. The number of nitro groups is 1. The number of hydrogen-bond acceptors (Lipinski definition) is 4. The van der Waals surface area contributed by atoms with Crippen LogP contribution in [0.4, 0.5) is 5.69 Å². The van der Waals surface area contributed by atoms with Gasteiger partial charge in [0.05, 0.1) is 16.8 Å². The van der Waals surface area contributed by atoms with Gasteiger partial charge >= 0.3 is 0 Å². The molecule has 2 aromatic rings. The molecule has 0 aliphatic heterocycles. The molecule has 1 atom stereocenters. The van der Waals surface area contributed by atoms with E-state index in [-0.39, 0.29) is 11.7 Å². The van der Waals surface area contributed by atoms with Crippen LogP contribution in [0.25, 0.3) is 5.69 Å². The van der Waals surface area contributed by atoms with Gasteiger partial charge in [0.25, 0.3) is 5.69 Å². The van der Waals surface area contributed by atoms with Crippen molar-refractivity contribution in [1.29, 1.82) is 0 Å². The number of benzene rings is 1. The number of nitrogens with two attached hydrogens (primary N) is 1. The Bertz CT molecular complexity index is 635. The van der Waals surface area contributed by atoms with Gasteiger partial charge in [-0.3, -0.25) is 10.1 Å². The predicted molar refractivity (Wildman–Crippen MR) is 70.1 cm³/mol. The van der Waals surface area contributed by atoms with Crippen LogP contribution < -0.4 is 5.73 Å². The number of hydrogen-bond donors (Lipinski definition) is 1. The molecule has 0 saturated carbocycles. The summed E-state index contributed by atoms with van der Waals surface area (Å²) in [5, 5.41) is 15.2. The molecule has 3 rings (SSSR count). The molecule has 98 valence electrons. The van der Waals surface area contributed by atoms with Crippen molar-refractivity contribution in [2.75, 3.05) is 0 Å². The topological polar surface area (TPSA) is 87.0 Å². The predicted octanol–water partition coefficient (Wildman–Crippen LogP) is 2.12. The number of nitrogens with zero attached hydrogens (tertiary/aromatic N) is 3. The van der Waals surface area contributed by atoms with Gasteiger partial charge in [-0.05, 0) is 25.3 Å². The van der Waals surface area contributed by atoms with E-state index in [1.165, 1.54) is 12.1 Å². The molecule has 1 aliphatic carbocycles. The van der Waals surface area contributed by atoms with Gasteiger partial charge in [0.2, 0.25) is 0 Å². The normalized spacial score (nSPS) is 18.1. The zero-order valence-electron chi connectivity index (χ0n) is 10.3. The Kier molecular flexibility index (Phi) is 2.79. The first-order valence-electron chi connectivity index (χ1n) is 6.24. The molecule has 1 aromatic carbocycles. The van der Waals surface area contributed by atoms with Gasteiger partial charge in [0.15, 0.2) is 0 Å². The zero-order chi connectivity index (χ0) is 13.4. The summed E-state index contributed by atoms with van der Waals surface area (Å²) < 4.78 is 1.77. The Morgan fingerprint density at radius 3 is 3.11 bits per heavy atom. The summed E-state index contributed by atoms with van der Waals surface area (Å²) in [4.78, 5) is 10.4. The third-order valence-electron chi connectivity index (χ3n) is 3.51. The lowest BCUT2D eigenvalue weighted by atomic mass is 9.94. The van der Waals surface area contributed by atoms with Gasteiger partial charge in [-0.2, -0.15) is 5.10 Å². The first kappa shape index (κ1) is 11.9. The highest BCUT2D eigenvalue weighted by atomic mass is 16.6. The van der Waals surface area contributed by atoms with Crippen molar-refractivity contribution in [2.24, 2.45) is 5.73 Å². The summed E-state index contributed by atoms with van der Waals surface area (Å²) in [5.74, 6) is 0. The van der Waals surface area contributed by atoms with E-state index in [1.54, 1.807) is 16.9 Å². The van der Waals surface area contributed by atoms with Crippen molar-refractivity contribution in [1.82, 2.24) is 9.78 Å². The molecule has 6 nitrogen and oxygen atoms in total. The molecule has 0 spiro atoms. The molecular weight excluding hydrogens is 244 g/mol. The molecule has 0 bridgehead atoms. The Hall–Kier alpha value is -2.21. The van der Waals surface area contributed by atoms with Crippen molar-refractivity contribution in [3.63, 3.8) is 0 Å². The van der Waals surface area contributed by atoms with E-state index < -0.39 is 4.92 Å². The van der Waals surface area contributed by atoms with Gasteiger partial charge in [-0.25, -0.2) is 4.68 Å². The molecule has 0 saturated heterocycles. The molecule has 1 aromatic heterocycles. The Balaban J connectivity index is 2.08. The van der Waals surface area contributed by atoms with E-state index in [4.69, 9.17) is 5.73 Å². The third-order valence-corrected chi connectivity index (χ3v) is 3.51. The van der Waals surface area contributed by atoms with Crippen LogP contribution in [0.1, 0.15) is 30.1 Å². The highest BCUT2D eigenvalue weighted by Crippen LogP contribution is 2.29. The fraction of sp³-hybridized carbons (Fsp3) is 0.308. The van der Waals surface area contributed by atoms with Crippen LogP contribution in [0.2, 0.25) is 0 Å². The van der Waals surface area contributed by atoms with Gasteiger partial charge in [0.1, 0.15) is 0 Å². The lowest BCUT2D eigenvalue weighted by Crippen LogP contribution is -2.18. The van der Waals surface area contributed by atoms with Gasteiger partial charge in [0, 0.05) is 29.4 Å². The highest BCUT2D eigenvalue weighted by molar-refractivity contribution is 5.44. The lowest BCUT2D eigenvalue weighted by Gasteiger charge is -2.19. The second kappa shape index (κ2) is 4.47. The average Bonchev–Trinajstić information content (AvgIpc) is 2.84. The van der Waals surface area contributed by atoms with E-state index in [1.807, 2.05) is 6.07 Å². The first-order chi connectivity index (χ1) is 9.16. The lowest BCUT2D eigenvalue weighted by molar-refractivity contribution is -0.384. The minimum atomic E-state index is -0.398. The molecular formula is C13H14N4O2. The maximum atomic E-state index is 10.8. The molecule has 1 unspecified atom stereocenters. The summed E-state index contributed by atoms with van der Waals surface area (Å²) in [6, 6.07) is 6.53. The average molecular weight is 258 g/mol. The van der Waals surface area contributed by atoms with E-state index in [0.29, 0.717) is 5.69 Å². The number of nitro benzene ring substituents is 1. The van der Waals surface area contributed by atoms with Gasteiger partial charge < -0.3 is 5.73 Å². The third kappa shape index (κ3) is 2.00. The summed E-state index contributed by atoms with van der Waals surface area (Å²) >= 11 is 0. The largest absolute Gasteiger partial charge is 0.324 e. The molecule has 2 N–H and O–H groups in total. The fourth-order valence-electron chi connectivity index (χ4n) is 2.55. The second-order valence-corrected chi connectivity index (χ2v) is 4.73. The smallest absolute Gasteiger partial charge is 0.271 e. The maximum Gasteiger partial charge on any atom is 0.271 e. The molecule has 19 heavy (non-hydrogen) atoms. The summed E-state index contributed by atoms with van der Waals surface area (Å²) in [6.07, 6.45) is 4.67. The van der Waals surface area contributed by atoms with Crippen LogP contribution in [0.3, 0.4) is 0 Å².